The Labute approximate surface area is 142 Å². The Morgan fingerprint density at radius 3 is 2.25 bits per heavy atom. The summed E-state index contributed by atoms with van der Waals surface area (Å²) in [7, 11) is 0. The van der Waals surface area contributed by atoms with E-state index in [9.17, 15) is 14.7 Å². The Hall–Kier alpha value is -2.62. The van der Waals surface area contributed by atoms with Gasteiger partial charge in [-0.1, -0.05) is 56.3 Å². The standard InChI is InChI=1S/C20H22O4/c1-13(2)12-16-10-7-11-17(19(21)22)18(16)24-20(23)14(3)15-8-5-4-6-9-15/h4-11,13-14H,12H2,1-3H3,(H,21,22). The van der Waals surface area contributed by atoms with Crippen molar-refractivity contribution in [3.63, 3.8) is 0 Å². The molecule has 2 aromatic rings. The zero-order valence-electron chi connectivity index (χ0n) is 14.2. The van der Waals surface area contributed by atoms with Crippen molar-refractivity contribution in [1.29, 1.82) is 0 Å². The van der Waals surface area contributed by atoms with Gasteiger partial charge in [0.2, 0.25) is 0 Å². The van der Waals surface area contributed by atoms with E-state index in [2.05, 4.69) is 0 Å². The van der Waals surface area contributed by atoms with Gasteiger partial charge in [0.15, 0.2) is 0 Å². The van der Waals surface area contributed by atoms with Crippen LogP contribution in [0.1, 0.15) is 48.2 Å². The predicted molar refractivity (Wildman–Crippen MR) is 92.4 cm³/mol. The molecule has 24 heavy (non-hydrogen) atoms. The summed E-state index contributed by atoms with van der Waals surface area (Å²) in [5.41, 5.74) is 1.58. The number of ether oxygens (including phenoxy) is 1. The van der Waals surface area contributed by atoms with Gasteiger partial charge in [0.05, 0.1) is 5.92 Å². The van der Waals surface area contributed by atoms with E-state index < -0.39 is 17.9 Å². The maximum absolute atomic E-state index is 12.5. The van der Waals surface area contributed by atoms with E-state index in [0.717, 1.165) is 11.1 Å². The van der Waals surface area contributed by atoms with Crippen LogP contribution in [0.15, 0.2) is 48.5 Å². The smallest absolute Gasteiger partial charge is 0.339 e. The first-order chi connectivity index (χ1) is 11.4. The maximum atomic E-state index is 12.5. The number of carboxylic acids is 1. The molecule has 0 aromatic heterocycles. The molecule has 0 fully saturated rings. The Morgan fingerprint density at radius 2 is 1.67 bits per heavy atom. The quantitative estimate of drug-likeness (QED) is 0.635. The molecule has 0 amide bonds. The topological polar surface area (TPSA) is 63.6 Å². The van der Waals surface area contributed by atoms with E-state index in [-0.39, 0.29) is 11.3 Å². The Morgan fingerprint density at radius 1 is 1.00 bits per heavy atom. The number of esters is 1. The molecule has 4 nitrogen and oxygen atoms in total. The maximum Gasteiger partial charge on any atom is 0.339 e. The summed E-state index contributed by atoms with van der Waals surface area (Å²) in [6.45, 7) is 5.82. The summed E-state index contributed by atoms with van der Waals surface area (Å²) in [6, 6.07) is 14.2. The molecule has 1 unspecified atom stereocenters. The third-order valence-corrected chi connectivity index (χ3v) is 3.81. The van der Waals surface area contributed by atoms with Gasteiger partial charge >= 0.3 is 11.9 Å². The number of hydrogen-bond donors (Lipinski definition) is 1. The summed E-state index contributed by atoms with van der Waals surface area (Å²) in [6.07, 6.45) is 0.642. The van der Waals surface area contributed by atoms with Gasteiger partial charge in [-0.2, -0.15) is 0 Å². The lowest BCUT2D eigenvalue weighted by Gasteiger charge is -2.17. The lowest BCUT2D eigenvalue weighted by Crippen LogP contribution is -2.19. The van der Waals surface area contributed by atoms with Gasteiger partial charge < -0.3 is 9.84 Å². The van der Waals surface area contributed by atoms with Crippen molar-refractivity contribution in [2.75, 3.05) is 0 Å². The van der Waals surface area contributed by atoms with Crippen LogP contribution < -0.4 is 4.74 Å². The Balaban J connectivity index is 2.33. The monoisotopic (exact) mass is 326 g/mol. The van der Waals surface area contributed by atoms with E-state index >= 15 is 0 Å². The molecule has 2 rings (SSSR count). The first kappa shape index (κ1) is 17.7. The molecule has 2 aromatic carbocycles. The van der Waals surface area contributed by atoms with Gasteiger partial charge in [-0.05, 0) is 36.5 Å². The van der Waals surface area contributed by atoms with E-state index in [1.165, 1.54) is 6.07 Å². The first-order valence-corrected chi connectivity index (χ1v) is 8.02. The van der Waals surface area contributed by atoms with Crippen molar-refractivity contribution in [2.45, 2.75) is 33.1 Å². The molecule has 0 aliphatic heterocycles. The molecule has 0 aliphatic carbocycles. The molecule has 0 heterocycles. The van der Waals surface area contributed by atoms with Crippen LogP contribution in [0.4, 0.5) is 0 Å². The van der Waals surface area contributed by atoms with Gasteiger partial charge in [0.25, 0.3) is 0 Å². The van der Waals surface area contributed by atoms with Crippen LogP contribution >= 0.6 is 0 Å². The van der Waals surface area contributed by atoms with Crippen molar-refractivity contribution >= 4 is 11.9 Å². The van der Waals surface area contributed by atoms with Crippen LogP contribution in [0, 0.1) is 5.92 Å². The fourth-order valence-corrected chi connectivity index (χ4v) is 2.54. The fourth-order valence-electron chi connectivity index (χ4n) is 2.54. The zero-order chi connectivity index (χ0) is 17.7. The van der Waals surface area contributed by atoms with Gasteiger partial charge in [0.1, 0.15) is 11.3 Å². The molecule has 0 spiro atoms. The highest BCUT2D eigenvalue weighted by Gasteiger charge is 2.23. The third kappa shape index (κ3) is 4.22. The van der Waals surface area contributed by atoms with Crippen molar-refractivity contribution in [3.8, 4) is 5.75 Å². The summed E-state index contributed by atoms with van der Waals surface area (Å²) in [5.74, 6) is -1.56. The van der Waals surface area contributed by atoms with Crippen LogP contribution in [0.5, 0.6) is 5.75 Å². The fraction of sp³-hybridized carbons (Fsp3) is 0.300. The minimum absolute atomic E-state index is 0.0155. The summed E-state index contributed by atoms with van der Waals surface area (Å²) in [4.78, 5) is 24.0. The SMILES string of the molecule is CC(C)Cc1cccc(C(=O)O)c1OC(=O)C(C)c1ccccc1. The van der Waals surface area contributed by atoms with Crippen LogP contribution in [0.25, 0.3) is 0 Å². The van der Waals surface area contributed by atoms with E-state index in [4.69, 9.17) is 4.74 Å². The molecule has 0 bridgehead atoms. The highest BCUT2D eigenvalue weighted by Crippen LogP contribution is 2.29. The normalized spacial score (nSPS) is 12.0. The lowest BCUT2D eigenvalue weighted by atomic mass is 9.98. The number of para-hydroxylation sites is 1. The minimum atomic E-state index is -1.10. The molecule has 4 heteroatoms. The zero-order valence-corrected chi connectivity index (χ0v) is 14.2. The number of carboxylic acid groups (broad SMARTS) is 1. The number of rotatable bonds is 6. The second-order valence-electron chi connectivity index (χ2n) is 6.25. The molecule has 1 atom stereocenters. The van der Waals surface area contributed by atoms with E-state index in [1.54, 1.807) is 13.0 Å². The van der Waals surface area contributed by atoms with E-state index in [0.29, 0.717) is 12.3 Å². The number of aromatic carboxylic acids is 1. The van der Waals surface area contributed by atoms with Crippen LogP contribution in [-0.2, 0) is 11.2 Å². The molecule has 0 saturated heterocycles. The van der Waals surface area contributed by atoms with Crippen molar-refractivity contribution in [3.05, 3.63) is 65.2 Å². The van der Waals surface area contributed by atoms with Crippen LogP contribution in [-0.4, -0.2) is 17.0 Å². The summed E-state index contributed by atoms with van der Waals surface area (Å²) >= 11 is 0. The second kappa shape index (κ2) is 7.77. The van der Waals surface area contributed by atoms with Gasteiger partial charge in [-0.25, -0.2) is 4.79 Å². The summed E-state index contributed by atoms with van der Waals surface area (Å²) in [5, 5.41) is 9.40. The molecule has 1 N–H and O–H groups in total. The Bertz CT molecular complexity index is 720. The lowest BCUT2D eigenvalue weighted by molar-refractivity contribution is -0.135. The Kier molecular flexibility index (Phi) is 5.74. The van der Waals surface area contributed by atoms with Crippen LogP contribution in [0.2, 0.25) is 0 Å². The number of carbonyl (C=O) groups excluding carboxylic acids is 1. The molecule has 126 valence electrons. The molecule has 0 saturated carbocycles. The van der Waals surface area contributed by atoms with Gasteiger partial charge in [-0.15, -0.1) is 0 Å². The second-order valence-corrected chi connectivity index (χ2v) is 6.25. The first-order valence-electron chi connectivity index (χ1n) is 8.02. The van der Waals surface area contributed by atoms with Gasteiger partial charge in [-0.3, -0.25) is 4.79 Å². The van der Waals surface area contributed by atoms with Crippen molar-refractivity contribution in [2.24, 2.45) is 5.92 Å². The molecular formula is C20H22O4. The molecule has 0 radical (unpaired) electrons. The van der Waals surface area contributed by atoms with Crippen molar-refractivity contribution in [1.82, 2.24) is 0 Å². The highest BCUT2D eigenvalue weighted by atomic mass is 16.5. The number of benzene rings is 2. The van der Waals surface area contributed by atoms with E-state index in [1.807, 2.05) is 50.2 Å². The highest BCUT2D eigenvalue weighted by molar-refractivity contribution is 5.93. The average molecular weight is 326 g/mol. The average Bonchev–Trinajstić information content (AvgIpc) is 2.55. The van der Waals surface area contributed by atoms with Crippen LogP contribution in [0.3, 0.4) is 0 Å². The number of carbonyl (C=O) groups is 2. The largest absolute Gasteiger partial charge is 0.478 e. The van der Waals surface area contributed by atoms with Gasteiger partial charge in [0, 0.05) is 0 Å². The third-order valence-electron chi connectivity index (χ3n) is 3.81. The molecule has 0 aliphatic rings. The minimum Gasteiger partial charge on any atom is -0.478 e. The number of hydrogen-bond acceptors (Lipinski definition) is 3. The summed E-state index contributed by atoms with van der Waals surface area (Å²) < 4.78 is 5.54. The molecular weight excluding hydrogens is 304 g/mol. The van der Waals surface area contributed by atoms with Crippen molar-refractivity contribution < 1.29 is 19.4 Å². The predicted octanol–water partition coefficient (Wildman–Crippen LogP) is 4.29.